The number of carbonyl (C=O) groups is 2. The molecule has 1 unspecified atom stereocenters. The Kier molecular flexibility index (Phi) is 5.17. The third-order valence-corrected chi connectivity index (χ3v) is 2.92. The van der Waals surface area contributed by atoms with E-state index in [1.54, 1.807) is 6.33 Å². The van der Waals surface area contributed by atoms with Gasteiger partial charge in [0.2, 0.25) is 0 Å². The Morgan fingerprint density at radius 1 is 1.48 bits per heavy atom. The number of carboxylic acid groups (broad SMARTS) is 2. The number of fused-ring (bicyclic) bond motifs is 1. The van der Waals surface area contributed by atoms with Crippen molar-refractivity contribution < 1.29 is 33.0 Å². The third-order valence-electron chi connectivity index (χ3n) is 2.92. The highest BCUT2D eigenvalue weighted by Crippen LogP contribution is 2.29. The van der Waals surface area contributed by atoms with Crippen LogP contribution < -0.4 is 0 Å². The van der Waals surface area contributed by atoms with Crippen LogP contribution in [0.3, 0.4) is 0 Å². The highest BCUT2D eigenvalue weighted by Gasteiger charge is 2.38. The molecule has 0 saturated carbocycles. The van der Waals surface area contributed by atoms with Gasteiger partial charge in [0.05, 0.1) is 18.1 Å². The quantitative estimate of drug-likeness (QED) is 0.736. The van der Waals surface area contributed by atoms with Gasteiger partial charge in [-0.2, -0.15) is 13.2 Å². The van der Waals surface area contributed by atoms with E-state index >= 15 is 0 Å². The number of nitrogens with zero attached hydrogens (tertiary/aromatic N) is 2. The monoisotopic (exact) mass is 309 g/mol. The summed E-state index contributed by atoms with van der Waals surface area (Å²) in [5, 5.41) is 16.1. The summed E-state index contributed by atoms with van der Waals surface area (Å²) in [5.41, 5.74) is 1.97. The number of halogens is 3. The fourth-order valence-electron chi connectivity index (χ4n) is 2.00. The lowest BCUT2D eigenvalue weighted by molar-refractivity contribution is -0.192. The Balaban J connectivity index is 0.000000270. The molecule has 1 aromatic heterocycles. The maximum Gasteiger partial charge on any atom is 0.490 e. The van der Waals surface area contributed by atoms with Crippen LogP contribution in [0.15, 0.2) is 6.33 Å². The van der Waals surface area contributed by atoms with Gasteiger partial charge in [-0.3, -0.25) is 4.90 Å². The number of amides is 1. The van der Waals surface area contributed by atoms with E-state index < -0.39 is 18.2 Å². The number of H-pyrrole nitrogens is 1. The zero-order chi connectivity index (χ0) is 16.2. The van der Waals surface area contributed by atoms with Crippen LogP contribution in [0, 0.1) is 0 Å². The fraction of sp³-hybridized carbons (Fsp3) is 0.545. The highest BCUT2D eigenvalue weighted by atomic mass is 19.4. The molecule has 0 aromatic carbocycles. The molecule has 0 aliphatic carbocycles. The van der Waals surface area contributed by atoms with Crippen molar-refractivity contribution in [3.05, 3.63) is 17.7 Å². The molecule has 0 spiro atoms. The fourth-order valence-corrected chi connectivity index (χ4v) is 2.00. The van der Waals surface area contributed by atoms with Crippen LogP contribution in [0.25, 0.3) is 0 Å². The Hall–Kier alpha value is -2.26. The summed E-state index contributed by atoms with van der Waals surface area (Å²) in [6.45, 7) is 2.54. The number of nitrogens with one attached hydrogen (secondary N) is 1. The lowest BCUT2D eigenvalue weighted by Gasteiger charge is -2.31. The number of aromatic amines is 1. The molecular weight excluding hydrogens is 295 g/mol. The number of aliphatic carboxylic acids is 1. The summed E-state index contributed by atoms with van der Waals surface area (Å²) in [6.07, 6.45) is -2.80. The zero-order valence-corrected chi connectivity index (χ0v) is 11.0. The number of hydrogen-bond acceptors (Lipinski definition) is 3. The van der Waals surface area contributed by atoms with E-state index in [0.29, 0.717) is 6.54 Å². The molecule has 118 valence electrons. The first-order valence-electron chi connectivity index (χ1n) is 6.00. The summed E-state index contributed by atoms with van der Waals surface area (Å²) in [4.78, 5) is 28.5. The molecule has 1 aliphatic rings. The predicted molar refractivity (Wildman–Crippen MR) is 63.7 cm³/mol. The first kappa shape index (κ1) is 16.8. The van der Waals surface area contributed by atoms with Gasteiger partial charge in [-0.25, -0.2) is 14.6 Å². The van der Waals surface area contributed by atoms with Crippen molar-refractivity contribution in [2.75, 3.05) is 6.54 Å². The number of hydrogen-bond donors (Lipinski definition) is 3. The van der Waals surface area contributed by atoms with Gasteiger partial charge in [0, 0.05) is 18.7 Å². The number of rotatable bonds is 1. The van der Waals surface area contributed by atoms with Gasteiger partial charge in [0.1, 0.15) is 0 Å². The molecule has 1 aliphatic heterocycles. The van der Waals surface area contributed by atoms with E-state index in [2.05, 4.69) is 9.97 Å². The van der Waals surface area contributed by atoms with Crippen molar-refractivity contribution in [2.24, 2.45) is 0 Å². The minimum absolute atomic E-state index is 0.0810. The topological polar surface area (TPSA) is 107 Å². The van der Waals surface area contributed by atoms with Crippen molar-refractivity contribution in [1.29, 1.82) is 0 Å². The molecule has 1 aromatic rings. The largest absolute Gasteiger partial charge is 0.490 e. The second-order valence-electron chi connectivity index (χ2n) is 4.22. The molecule has 7 nitrogen and oxygen atoms in total. The molecule has 0 saturated heterocycles. The van der Waals surface area contributed by atoms with Crippen LogP contribution in [0.5, 0.6) is 0 Å². The van der Waals surface area contributed by atoms with Gasteiger partial charge in [0.25, 0.3) is 0 Å². The molecule has 3 N–H and O–H groups in total. The predicted octanol–water partition coefficient (Wildman–Crippen LogP) is 2.03. The van der Waals surface area contributed by atoms with Crippen molar-refractivity contribution in [3.63, 3.8) is 0 Å². The molecule has 1 atom stereocenters. The van der Waals surface area contributed by atoms with Crippen LogP contribution >= 0.6 is 0 Å². The van der Waals surface area contributed by atoms with E-state index in [-0.39, 0.29) is 6.04 Å². The SMILES string of the molecule is CCC1c2nc[nH]c2CCN1C(=O)O.O=C(O)C(F)(F)F. The summed E-state index contributed by atoms with van der Waals surface area (Å²) in [6, 6.07) is -0.0810. The van der Waals surface area contributed by atoms with Gasteiger partial charge in [-0.1, -0.05) is 6.92 Å². The molecule has 2 heterocycles. The average molecular weight is 309 g/mol. The number of alkyl halides is 3. The zero-order valence-electron chi connectivity index (χ0n) is 11.0. The van der Waals surface area contributed by atoms with Crippen LogP contribution in [0.2, 0.25) is 0 Å². The second-order valence-corrected chi connectivity index (χ2v) is 4.22. The van der Waals surface area contributed by atoms with Crippen LogP contribution in [0.1, 0.15) is 30.8 Å². The maximum absolute atomic E-state index is 10.9. The summed E-state index contributed by atoms with van der Waals surface area (Å²) >= 11 is 0. The Bertz CT molecular complexity index is 515. The van der Waals surface area contributed by atoms with Crippen LogP contribution in [-0.4, -0.2) is 49.9 Å². The van der Waals surface area contributed by atoms with E-state index in [1.165, 1.54) is 4.90 Å². The molecule has 0 radical (unpaired) electrons. The number of carboxylic acids is 1. The first-order chi connectivity index (χ1) is 9.68. The minimum Gasteiger partial charge on any atom is -0.475 e. The molecule has 0 fully saturated rings. The molecule has 1 amide bonds. The van der Waals surface area contributed by atoms with Gasteiger partial charge in [-0.15, -0.1) is 0 Å². The summed E-state index contributed by atoms with van der Waals surface area (Å²) in [5.74, 6) is -2.76. The van der Waals surface area contributed by atoms with Gasteiger partial charge in [0.15, 0.2) is 0 Å². The molecule has 2 rings (SSSR count). The molecule has 10 heteroatoms. The van der Waals surface area contributed by atoms with E-state index in [1.807, 2.05) is 6.92 Å². The molecular formula is C11H14F3N3O4. The van der Waals surface area contributed by atoms with Gasteiger partial charge >= 0.3 is 18.2 Å². The Morgan fingerprint density at radius 3 is 2.48 bits per heavy atom. The number of imidazole rings is 1. The summed E-state index contributed by atoms with van der Waals surface area (Å²) in [7, 11) is 0. The maximum atomic E-state index is 10.9. The van der Waals surface area contributed by atoms with E-state index in [9.17, 15) is 18.0 Å². The normalized spacial score (nSPS) is 17.5. The van der Waals surface area contributed by atoms with Crippen molar-refractivity contribution in [3.8, 4) is 0 Å². The van der Waals surface area contributed by atoms with E-state index in [4.69, 9.17) is 15.0 Å². The second kappa shape index (κ2) is 6.46. The van der Waals surface area contributed by atoms with E-state index in [0.717, 1.165) is 24.2 Å². The standard InChI is InChI=1S/C9H13N3O2.C2HF3O2/c1-2-7-8-6(10-5-11-8)3-4-12(7)9(13)14;3-2(4,5)1(6)7/h5,7H,2-4H2,1H3,(H,10,11)(H,13,14);(H,6,7). The summed E-state index contributed by atoms with van der Waals surface area (Å²) < 4.78 is 31.7. The lowest BCUT2D eigenvalue weighted by Crippen LogP contribution is -2.39. The first-order valence-corrected chi connectivity index (χ1v) is 6.00. The average Bonchev–Trinajstić information content (AvgIpc) is 2.84. The smallest absolute Gasteiger partial charge is 0.475 e. The van der Waals surface area contributed by atoms with Gasteiger partial charge in [-0.05, 0) is 6.42 Å². The van der Waals surface area contributed by atoms with Crippen molar-refractivity contribution in [1.82, 2.24) is 14.9 Å². The third kappa shape index (κ3) is 4.10. The highest BCUT2D eigenvalue weighted by molar-refractivity contribution is 5.73. The van der Waals surface area contributed by atoms with Crippen molar-refractivity contribution >= 4 is 12.1 Å². The number of aromatic nitrogens is 2. The van der Waals surface area contributed by atoms with Crippen molar-refractivity contribution in [2.45, 2.75) is 32.0 Å². The van der Waals surface area contributed by atoms with Crippen LogP contribution in [-0.2, 0) is 11.2 Å². The molecule has 0 bridgehead atoms. The minimum atomic E-state index is -5.08. The lowest BCUT2D eigenvalue weighted by atomic mass is 10.0. The van der Waals surface area contributed by atoms with Gasteiger partial charge < -0.3 is 15.2 Å². The Labute approximate surface area is 117 Å². The Morgan fingerprint density at radius 2 is 2.05 bits per heavy atom. The van der Waals surface area contributed by atoms with Crippen LogP contribution in [0.4, 0.5) is 18.0 Å². The molecule has 21 heavy (non-hydrogen) atoms.